The van der Waals surface area contributed by atoms with E-state index < -0.39 is 15.8 Å². The lowest BCUT2D eigenvalue weighted by molar-refractivity contribution is 0.0696. The number of carboxylic acid groups (broad SMARTS) is 1. The van der Waals surface area contributed by atoms with Crippen LogP contribution < -0.4 is 4.74 Å². The van der Waals surface area contributed by atoms with Crippen molar-refractivity contribution < 1.29 is 23.1 Å². The molecule has 16 heavy (non-hydrogen) atoms. The van der Waals surface area contributed by atoms with Crippen LogP contribution >= 0.6 is 0 Å². The van der Waals surface area contributed by atoms with E-state index in [1.165, 1.54) is 25.3 Å². The summed E-state index contributed by atoms with van der Waals surface area (Å²) in [6.07, 6.45) is 1.11. The third-order valence-electron chi connectivity index (χ3n) is 1.95. The van der Waals surface area contributed by atoms with Gasteiger partial charge in [-0.05, 0) is 12.1 Å². The summed E-state index contributed by atoms with van der Waals surface area (Å²) in [5.41, 5.74) is 0.518. The number of hydrogen-bond acceptors (Lipinski definition) is 4. The molecule has 0 spiro atoms. The number of aromatic carboxylic acids is 1. The molecule has 0 amide bonds. The van der Waals surface area contributed by atoms with Gasteiger partial charge in [-0.25, -0.2) is 13.2 Å². The van der Waals surface area contributed by atoms with Crippen LogP contribution in [0, 0.1) is 0 Å². The van der Waals surface area contributed by atoms with Gasteiger partial charge in [0.25, 0.3) is 0 Å². The highest BCUT2D eigenvalue weighted by Crippen LogP contribution is 2.22. The van der Waals surface area contributed by atoms with Gasteiger partial charge in [-0.3, -0.25) is 0 Å². The van der Waals surface area contributed by atoms with E-state index in [1.54, 1.807) is 0 Å². The van der Waals surface area contributed by atoms with Crippen LogP contribution in [0.2, 0.25) is 0 Å². The van der Waals surface area contributed by atoms with E-state index in [4.69, 9.17) is 9.84 Å². The number of carboxylic acids is 1. The predicted octanol–water partition coefficient (Wildman–Crippen LogP) is 0.938. The smallest absolute Gasteiger partial charge is 0.335 e. The molecule has 6 heteroatoms. The number of carbonyl (C=O) groups is 1. The molecule has 0 aliphatic rings. The fraction of sp³-hybridized carbons (Fsp3) is 0.300. The van der Waals surface area contributed by atoms with Crippen molar-refractivity contribution in [2.75, 3.05) is 13.4 Å². The molecule has 1 N–H and O–H groups in total. The number of rotatable bonds is 4. The van der Waals surface area contributed by atoms with Gasteiger partial charge in [0.15, 0.2) is 9.84 Å². The lowest BCUT2D eigenvalue weighted by Gasteiger charge is -2.08. The maximum atomic E-state index is 11.1. The van der Waals surface area contributed by atoms with E-state index in [1.807, 2.05) is 0 Å². The van der Waals surface area contributed by atoms with Gasteiger partial charge in [-0.2, -0.15) is 0 Å². The Bertz CT molecular complexity index is 504. The Balaban J connectivity index is 3.17. The molecule has 1 aromatic rings. The maximum absolute atomic E-state index is 11.1. The second-order valence-electron chi connectivity index (χ2n) is 3.40. The summed E-state index contributed by atoms with van der Waals surface area (Å²) in [6, 6.07) is 4.11. The molecule has 0 fully saturated rings. The van der Waals surface area contributed by atoms with Gasteiger partial charge >= 0.3 is 5.97 Å². The van der Waals surface area contributed by atoms with E-state index in [0.717, 1.165) is 6.26 Å². The first-order valence-corrected chi connectivity index (χ1v) is 6.47. The Morgan fingerprint density at radius 2 is 2.06 bits per heavy atom. The third-order valence-corrected chi connectivity index (χ3v) is 2.79. The largest absolute Gasteiger partial charge is 0.496 e. The van der Waals surface area contributed by atoms with Crippen molar-refractivity contribution in [3.05, 3.63) is 29.3 Å². The summed E-state index contributed by atoms with van der Waals surface area (Å²) >= 11 is 0. The van der Waals surface area contributed by atoms with Gasteiger partial charge in [-0.1, -0.05) is 6.07 Å². The van der Waals surface area contributed by atoms with Gasteiger partial charge in [0.05, 0.1) is 18.4 Å². The van der Waals surface area contributed by atoms with Crippen molar-refractivity contribution in [1.82, 2.24) is 0 Å². The van der Waals surface area contributed by atoms with Crippen molar-refractivity contribution in [1.29, 1.82) is 0 Å². The highest BCUT2D eigenvalue weighted by molar-refractivity contribution is 7.89. The van der Waals surface area contributed by atoms with E-state index in [9.17, 15) is 13.2 Å². The standard InChI is InChI=1S/C10H12O5S/c1-15-9-5-7(10(11)12)3-4-8(9)6-16(2,13)14/h3-5H,6H2,1-2H3,(H,11,12). The Morgan fingerprint density at radius 1 is 1.44 bits per heavy atom. The molecule has 1 rings (SSSR count). The highest BCUT2D eigenvalue weighted by atomic mass is 32.2. The molecule has 0 saturated carbocycles. The van der Waals surface area contributed by atoms with Crippen LogP contribution in [0.4, 0.5) is 0 Å². The van der Waals surface area contributed by atoms with Gasteiger partial charge < -0.3 is 9.84 Å². The van der Waals surface area contributed by atoms with Crippen molar-refractivity contribution >= 4 is 15.8 Å². The van der Waals surface area contributed by atoms with Crippen molar-refractivity contribution in [2.45, 2.75) is 5.75 Å². The fourth-order valence-electron chi connectivity index (χ4n) is 1.28. The molecule has 0 saturated heterocycles. The Hall–Kier alpha value is -1.56. The molecule has 0 aromatic heterocycles. The summed E-state index contributed by atoms with van der Waals surface area (Å²) in [5.74, 6) is -0.981. The lowest BCUT2D eigenvalue weighted by Crippen LogP contribution is -2.04. The predicted molar refractivity (Wildman–Crippen MR) is 58.5 cm³/mol. The van der Waals surface area contributed by atoms with Crippen LogP contribution in [0.1, 0.15) is 15.9 Å². The molecule has 0 aliphatic heterocycles. The molecule has 0 atom stereocenters. The lowest BCUT2D eigenvalue weighted by atomic mass is 10.1. The zero-order chi connectivity index (χ0) is 12.3. The molecular weight excluding hydrogens is 232 g/mol. The van der Waals surface area contributed by atoms with Gasteiger partial charge in [0.1, 0.15) is 5.75 Å². The topological polar surface area (TPSA) is 80.7 Å². The molecule has 5 nitrogen and oxygen atoms in total. The minimum Gasteiger partial charge on any atom is -0.496 e. The first-order chi connectivity index (χ1) is 7.33. The maximum Gasteiger partial charge on any atom is 0.335 e. The number of ether oxygens (including phenoxy) is 1. The number of methoxy groups -OCH3 is 1. The Morgan fingerprint density at radius 3 is 2.50 bits per heavy atom. The van der Waals surface area contributed by atoms with Crippen molar-refractivity contribution in [3.8, 4) is 5.75 Å². The molecule has 0 radical (unpaired) electrons. The highest BCUT2D eigenvalue weighted by Gasteiger charge is 2.12. The summed E-state index contributed by atoms with van der Waals surface area (Å²) < 4.78 is 27.2. The average molecular weight is 244 g/mol. The summed E-state index contributed by atoms with van der Waals surface area (Å²) in [4.78, 5) is 10.7. The number of hydrogen-bond donors (Lipinski definition) is 1. The second-order valence-corrected chi connectivity index (χ2v) is 5.54. The van der Waals surface area contributed by atoms with E-state index in [2.05, 4.69) is 0 Å². The van der Waals surface area contributed by atoms with Gasteiger partial charge in [0.2, 0.25) is 0 Å². The molecule has 0 unspecified atom stereocenters. The molecule has 0 heterocycles. The summed E-state index contributed by atoms with van der Waals surface area (Å²) in [6.45, 7) is 0. The van der Waals surface area contributed by atoms with Crippen molar-refractivity contribution in [3.63, 3.8) is 0 Å². The first-order valence-electron chi connectivity index (χ1n) is 4.41. The summed E-state index contributed by atoms with van der Waals surface area (Å²) in [5, 5.41) is 8.75. The van der Waals surface area contributed by atoms with Crippen LogP contribution in [-0.2, 0) is 15.6 Å². The summed E-state index contributed by atoms with van der Waals surface area (Å²) in [7, 11) is -1.80. The van der Waals surface area contributed by atoms with E-state index >= 15 is 0 Å². The van der Waals surface area contributed by atoms with Crippen LogP contribution in [0.3, 0.4) is 0 Å². The minimum atomic E-state index is -3.17. The van der Waals surface area contributed by atoms with Crippen LogP contribution in [0.15, 0.2) is 18.2 Å². The normalized spacial score (nSPS) is 11.1. The molecule has 88 valence electrons. The minimum absolute atomic E-state index is 0.0640. The van der Waals surface area contributed by atoms with Gasteiger partial charge in [0, 0.05) is 11.8 Å². The van der Waals surface area contributed by atoms with Crippen molar-refractivity contribution in [2.24, 2.45) is 0 Å². The average Bonchev–Trinajstić information content (AvgIpc) is 2.15. The Labute approximate surface area is 93.6 Å². The van der Waals surface area contributed by atoms with E-state index in [0.29, 0.717) is 5.56 Å². The molecule has 1 aromatic carbocycles. The number of sulfone groups is 1. The quantitative estimate of drug-likeness (QED) is 0.852. The fourth-order valence-corrected chi connectivity index (χ4v) is 2.08. The Kier molecular flexibility index (Phi) is 3.54. The zero-order valence-electron chi connectivity index (χ0n) is 8.93. The second kappa shape index (κ2) is 4.52. The number of benzene rings is 1. The van der Waals surface area contributed by atoms with Crippen LogP contribution in [-0.4, -0.2) is 32.9 Å². The van der Waals surface area contributed by atoms with Gasteiger partial charge in [-0.15, -0.1) is 0 Å². The van der Waals surface area contributed by atoms with E-state index in [-0.39, 0.29) is 17.1 Å². The molecule has 0 bridgehead atoms. The van der Waals surface area contributed by atoms with Crippen LogP contribution in [0.25, 0.3) is 0 Å². The molecule has 0 aliphatic carbocycles. The monoisotopic (exact) mass is 244 g/mol. The SMILES string of the molecule is COc1cc(C(=O)O)ccc1CS(C)(=O)=O. The van der Waals surface area contributed by atoms with Crippen LogP contribution in [0.5, 0.6) is 5.75 Å². The third kappa shape index (κ3) is 3.23. The zero-order valence-corrected chi connectivity index (χ0v) is 9.74. The first kappa shape index (κ1) is 12.5. The molecular formula is C10H12O5S.